The van der Waals surface area contributed by atoms with E-state index in [-0.39, 0.29) is 24.7 Å². The molecule has 2 rings (SSSR count). The van der Waals surface area contributed by atoms with Crippen LogP contribution in [0.15, 0.2) is 4.99 Å². The van der Waals surface area contributed by atoms with Crippen molar-refractivity contribution < 1.29 is 20.1 Å². The fourth-order valence-corrected chi connectivity index (χ4v) is 2.20. The first-order chi connectivity index (χ1) is 6.63. The molecule has 5 atom stereocenters. The third-order valence-corrected chi connectivity index (χ3v) is 2.99. The van der Waals surface area contributed by atoms with E-state index in [1.54, 1.807) is 6.92 Å². The van der Waals surface area contributed by atoms with Gasteiger partial charge in [0.05, 0.1) is 6.10 Å². The van der Waals surface area contributed by atoms with E-state index in [2.05, 4.69) is 4.99 Å². The van der Waals surface area contributed by atoms with E-state index in [1.807, 2.05) is 0 Å². The van der Waals surface area contributed by atoms with Gasteiger partial charge in [0, 0.05) is 19.4 Å². The summed E-state index contributed by atoms with van der Waals surface area (Å²) in [5.74, 6) is 0.234. The zero-order valence-electron chi connectivity index (χ0n) is 8.00. The van der Waals surface area contributed by atoms with Crippen LogP contribution in [0.25, 0.3) is 0 Å². The summed E-state index contributed by atoms with van der Waals surface area (Å²) < 4.78 is 5.38. The van der Waals surface area contributed by atoms with Gasteiger partial charge in [-0.25, -0.2) is 4.99 Å². The quantitative estimate of drug-likeness (QED) is 0.503. The molecule has 0 radical (unpaired) electrons. The van der Waals surface area contributed by atoms with Crippen molar-refractivity contribution in [2.24, 2.45) is 10.9 Å². The van der Waals surface area contributed by atoms with Gasteiger partial charge in [0.25, 0.3) is 0 Å². The van der Waals surface area contributed by atoms with Gasteiger partial charge < -0.3 is 20.1 Å². The fraction of sp³-hybridized carbons (Fsp3) is 0.889. The molecule has 5 heteroatoms. The standard InChI is InChI=1S/C9H15NO4/c1-4-10-7-6(14-4)2-5(3-11)8(12)9(7)13/h5-9,11-13H,2-3H2,1H3/t5?,6-,7?,8+,9-/m1/s1. The Bertz CT molecular complexity index is 255. The topological polar surface area (TPSA) is 82.3 Å². The zero-order valence-corrected chi connectivity index (χ0v) is 8.00. The monoisotopic (exact) mass is 201 g/mol. The summed E-state index contributed by atoms with van der Waals surface area (Å²) in [6, 6.07) is -0.368. The van der Waals surface area contributed by atoms with Crippen molar-refractivity contribution in [2.45, 2.75) is 37.7 Å². The molecule has 0 aromatic carbocycles. The van der Waals surface area contributed by atoms with Crippen molar-refractivity contribution in [3.8, 4) is 0 Å². The predicted molar refractivity (Wildman–Crippen MR) is 49.0 cm³/mol. The summed E-state index contributed by atoms with van der Waals surface area (Å²) in [7, 11) is 0. The van der Waals surface area contributed by atoms with Crippen molar-refractivity contribution in [2.75, 3.05) is 6.61 Å². The highest BCUT2D eigenvalue weighted by Gasteiger charge is 2.46. The number of fused-ring (bicyclic) bond motifs is 1. The molecule has 0 aromatic heterocycles. The van der Waals surface area contributed by atoms with Crippen molar-refractivity contribution in [3.63, 3.8) is 0 Å². The maximum atomic E-state index is 9.72. The number of hydrogen-bond acceptors (Lipinski definition) is 5. The Morgan fingerprint density at radius 3 is 2.79 bits per heavy atom. The lowest BCUT2D eigenvalue weighted by Crippen LogP contribution is -2.52. The van der Waals surface area contributed by atoms with Crippen LogP contribution in [0, 0.1) is 5.92 Å². The van der Waals surface area contributed by atoms with E-state index in [9.17, 15) is 10.2 Å². The Kier molecular flexibility index (Phi) is 2.47. The van der Waals surface area contributed by atoms with Crippen LogP contribution in [0.2, 0.25) is 0 Å². The molecule has 0 saturated heterocycles. The minimum Gasteiger partial charge on any atom is -0.476 e. The molecular formula is C9H15NO4. The normalized spacial score (nSPS) is 46.9. The first-order valence-corrected chi connectivity index (χ1v) is 4.81. The lowest BCUT2D eigenvalue weighted by molar-refractivity contribution is -0.0946. The molecule has 1 saturated carbocycles. The number of aliphatic hydroxyl groups is 3. The average molecular weight is 201 g/mol. The molecule has 2 unspecified atom stereocenters. The summed E-state index contributed by atoms with van der Waals surface area (Å²) in [5, 5.41) is 28.4. The maximum Gasteiger partial charge on any atom is 0.180 e. The molecule has 1 fully saturated rings. The lowest BCUT2D eigenvalue weighted by Gasteiger charge is -2.36. The smallest absolute Gasteiger partial charge is 0.180 e. The van der Waals surface area contributed by atoms with E-state index < -0.39 is 12.2 Å². The van der Waals surface area contributed by atoms with Crippen molar-refractivity contribution in [1.29, 1.82) is 0 Å². The fourth-order valence-electron chi connectivity index (χ4n) is 2.20. The molecule has 0 aromatic rings. The third-order valence-electron chi connectivity index (χ3n) is 2.99. The summed E-state index contributed by atoms with van der Waals surface area (Å²) in [5.41, 5.74) is 0. The van der Waals surface area contributed by atoms with Crippen LogP contribution < -0.4 is 0 Å². The molecule has 1 aliphatic carbocycles. The highest BCUT2D eigenvalue weighted by molar-refractivity contribution is 5.75. The van der Waals surface area contributed by atoms with Gasteiger partial charge in [0.1, 0.15) is 18.2 Å². The van der Waals surface area contributed by atoms with Gasteiger partial charge in [0.2, 0.25) is 0 Å². The van der Waals surface area contributed by atoms with Crippen LogP contribution in [0.5, 0.6) is 0 Å². The Morgan fingerprint density at radius 1 is 1.43 bits per heavy atom. The van der Waals surface area contributed by atoms with Crippen LogP contribution in [-0.2, 0) is 4.74 Å². The molecule has 80 valence electrons. The molecule has 1 heterocycles. The van der Waals surface area contributed by atoms with E-state index in [1.165, 1.54) is 0 Å². The van der Waals surface area contributed by atoms with Crippen LogP contribution in [0.1, 0.15) is 13.3 Å². The zero-order chi connectivity index (χ0) is 10.3. The number of aliphatic imine (C=N–C) groups is 1. The predicted octanol–water partition coefficient (Wildman–Crippen LogP) is -1.09. The largest absolute Gasteiger partial charge is 0.476 e. The maximum absolute atomic E-state index is 9.72. The van der Waals surface area contributed by atoms with Gasteiger partial charge >= 0.3 is 0 Å². The first kappa shape index (κ1) is 9.89. The van der Waals surface area contributed by atoms with E-state index in [0.29, 0.717) is 12.3 Å². The molecule has 0 bridgehead atoms. The summed E-state index contributed by atoms with van der Waals surface area (Å²) in [6.07, 6.45) is -1.48. The number of nitrogens with zero attached hydrogens (tertiary/aromatic N) is 1. The second-order valence-corrected chi connectivity index (χ2v) is 3.95. The van der Waals surface area contributed by atoms with Gasteiger partial charge in [-0.2, -0.15) is 0 Å². The molecular weight excluding hydrogens is 186 g/mol. The van der Waals surface area contributed by atoms with Crippen LogP contribution in [0.4, 0.5) is 0 Å². The lowest BCUT2D eigenvalue weighted by atomic mass is 9.80. The van der Waals surface area contributed by atoms with E-state index in [4.69, 9.17) is 9.84 Å². The van der Waals surface area contributed by atoms with Crippen LogP contribution in [0.3, 0.4) is 0 Å². The van der Waals surface area contributed by atoms with Gasteiger partial charge in [0.15, 0.2) is 5.90 Å². The molecule has 5 nitrogen and oxygen atoms in total. The number of aliphatic hydroxyl groups excluding tert-OH is 3. The minimum absolute atomic E-state index is 0.135. The Hall–Kier alpha value is -0.650. The van der Waals surface area contributed by atoms with Gasteiger partial charge in [-0.05, 0) is 6.42 Å². The summed E-state index contributed by atoms with van der Waals surface area (Å²) >= 11 is 0. The van der Waals surface area contributed by atoms with Gasteiger partial charge in [-0.1, -0.05) is 0 Å². The van der Waals surface area contributed by atoms with E-state index in [0.717, 1.165) is 0 Å². The Balaban J connectivity index is 2.14. The second kappa shape index (κ2) is 3.49. The van der Waals surface area contributed by atoms with Crippen molar-refractivity contribution in [3.05, 3.63) is 0 Å². The Morgan fingerprint density at radius 2 is 2.14 bits per heavy atom. The minimum atomic E-state index is -0.927. The number of hydrogen-bond donors (Lipinski definition) is 3. The van der Waals surface area contributed by atoms with E-state index >= 15 is 0 Å². The van der Waals surface area contributed by atoms with Crippen LogP contribution in [-0.4, -0.2) is 52.2 Å². The molecule has 1 aliphatic heterocycles. The van der Waals surface area contributed by atoms with Crippen molar-refractivity contribution in [1.82, 2.24) is 0 Å². The number of ether oxygens (including phenoxy) is 1. The molecule has 0 spiro atoms. The average Bonchev–Trinajstić information content (AvgIpc) is 2.52. The van der Waals surface area contributed by atoms with Crippen molar-refractivity contribution >= 4 is 5.90 Å². The molecule has 14 heavy (non-hydrogen) atoms. The number of rotatable bonds is 1. The molecule has 2 aliphatic rings. The molecule has 0 amide bonds. The van der Waals surface area contributed by atoms with Gasteiger partial charge in [-0.15, -0.1) is 0 Å². The van der Waals surface area contributed by atoms with Crippen LogP contribution >= 0.6 is 0 Å². The summed E-state index contributed by atoms with van der Waals surface area (Å²) in [4.78, 5) is 4.11. The SMILES string of the molecule is CC1=NC2[C@@H](O)[C@@H](O)C(CO)C[C@H]2O1. The highest BCUT2D eigenvalue weighted by Crippen LogP contribution is 2.32. The molecule has 3 N–H and O–H groups in total. The summed E-state index contributed by atoms with van der Waals surface area (Å²) in [6.45, 7) is 1.59. The van der Waals surface area contributed by atoms with Gasteiger partial charge in [-0.3, -0.25) is 0 Å². The highest BCUT2D eigenvalue weighted by atomic mass is 16.5. The Labute approximate surface area is 82.0 Å². The second-order valence-electron chi connectivity index (χ2n) is 3.95. The first-order valence-electron chi connectivity index (χ1n) is 4.81. The third kappa shape index (κ3) is 1.41.